The minimum absolute atomic E-state index is 0.0463. The van der Waals surface area contributed by atoms with Crippen molar-refractivity contribution in [2.45, 2.75) is 32.3 Å². The summed E-state index contributed by atoms with van der Waals surface area (Å²) in [5, 5.41) is 2.58. The maximum Gasteiger partial charge on any atom is 0.241 e. The Bertz CT molecular complexity index is 268. The highest BCUT2D eigenvalue weighted by molar-refractivity contribution is 6.12. The van der Waals surface area contributed by atoms with Gasteiger partial charge in [-0.2, -0.15) is 0 Å². The van der Waals surface area contributed by atoms with Gasteiger partial charge in [-0.25, -0.2) is 0 Å². The van der Waals surface area contributed by atoms with Gasteiger partial charge in [0.05, 0.1) is 14.4 Å². The third kappa shape index (κ3) is 2.15. The summed E-state index contributed by atoms with van der Waals surface area (Å²) in [6.45, 7) is 5.86. The molecular formula is C9H15BN2O2. The standard InChI is InChI=1S/C9H15BN2O2/c1-6(13)4-11-8(14)9(3)5-12(9)7(2)10/h7H,4-5H2,1-3H3,(H,11,14). The van der Waals surface area contributed by atoms with Crippen molar-refractivity contribution < 1.29 is 9.59 Å². The highest BCUT2D eigenvalue weighted by Gasteiger charge is 2.54. The molecule has 0 aromatic rings. The Morgan fingerprint density at radius 1 is 1.64 bits per heavy atom. The number of carbonyl (C=O) groups is 2. The molecule has 14 heavy (non-hydrogen) atoms. The van der Waals surface area contributed by atoms with Crippen molar-refractivity contribution >= 4 is 19.5 Å². The van der Waals surface area contributed by atoms with E-state index < -0.39 is 5.54 Å². The molecule has 0 aromatic heterocycles. The average molecular weight is 194 g/mol. The maximum atomic E-state index is 11.6. The van der Waals surface area contributed by atoms with Gasteiger partial charge in [0.15, 0.2) is 0 Å². The Labute approximate surface area is 85.4 Å². The average Bonchev–Trinajstić information content (AvgIpc) is 2.75. The van der Waals surface area contributed by atoms with E-state index in [-0.39, 0.29) is 24.2 Å². The molecule has 1 rings (SSSR count). The normalized spacial score (nSPS) is 32.1. The fraction of sp³-hybridized carbons (Fsp3) is 0.778. The second-order valence-electron chi connectivity index (χ2n) is 4.03. The van der Waals surface area contributed by atoms with Crippen molar-refractivity contribution in [1.29, 1.82) is 0 Å². The molecule has 0 aromatic carbocycles. The Morgan fingerprint density at radius 3 is 2.57 bits per heavy atom. The van der Waals surface area contributed by atoms with Crippen molar-refractivity contribution in [2.75, 3.05) is 13.1 Å². The molecule has 1 saturated heterocycles. The van der Waals surface area contributed by atoms with Gasteiger partial charge in [-0.1, -0.05) is 6.92 Å². The van der Waals surface area contributed by atoms with Gasteiger partial charge >= 0.3 is 0 Å². The molecule has 1 amide bonds. The molecule has 0 aliphatic carbocycles. The molecule has 3 unspecified atom stereocenters. The number of amides is 1. The first-order valence-corrected chi connectivity index (χ1v) is 4.68. The molecule has 1 N–H and O–H groups in total. The van der Waals surface area contributed by atoms with Gasteiger partial charge in [-0.05, 0) is 19.8 Å². The Hall–Kier alpha value is -0.835. The van der Waals surface area contributed by atoms with Crippen LogP contribution >= 0.6 is 0 Å². The first-order valence-electron chi connectivity index (χ1n) is 4.68. The van der Waals surface area contributed by atoms with Crippen LogP contribution in [-0.2, 0) is 9.59 Å². The van der Waals surface area contributed by atoms with Crippen LogP contribution in [0.1, 0.15) is 20.8 Å². The lowest BCUT2D eigenvalue weighted by Crippen LogP contribution is -2.41. The molecule has 2 radical (unpaired) electrons. The summed E-state index contributed by atoms with van der Waals surface area (Å²) < 4.78 is 0. The van der Waals surface area contributed by atoms with Gasteiger partial charge in [0.1, 0.15) is 11.3 Å². The van der Waals surface area contributed by atoms with Crippen molar-refractivity contribution in [1.82, 2.24) is 10.2 Å². The van der Waals surface area contributed by atoms with Crippen LogP contribution in [0, 0.1) is 0 Å². The van der Waals surface area contributed by atoms with E-state index in [2.05, 4.69) is 5.32 Å². The number of Topliss-reactive ketones (excluding diaryl/α,β-unsaturated/α-hetero) is 1. The van der Waals surface area contributed by atoms with Crippen LogP contribution in [0.25, 0.3) is 0 Å². The number of rotatable bonds is 4. The molecule has 0 saturated carbocycles. The van der Waals surface area contributed by atoms with Crippen LogP contribution in [0.2, 0.25) is 0 Å². The summed E-state index contributed by atoms with van der Waals surface area (Å²) in [6, 6.07) is 0. The number of hydrogen-bond donors (Lipinski definition) is 1. The molecule has 76 valence electrons. The van der Waals surface area contributed by atoms with Crippen molar-refractivity contribution in [2.24, 2.45) is 0 Å². The molecule has 1 aliphatic heterocycles. The van der Waals surface area contributed by atoms with E-state index in [1.165, 1.54) is 6.92 Å². The van der Waals surface area contributed by atoms with Gasteiger partial charge < -0.3 is 5.32 Å². The maximum absolute atomic E-state index is 11.6. The second kappa shape index (κ2) is 3.73. The summed E-state index contributed by atoms with van der Waals surface area (Å²) in [5.41, 5.74) is -0.510. The van der Waals surface area contributed by atoms with Crippen LogP contribution in [-0.4, -0.2) is 49.0 Å². The molecule has 4 nitrogen and oxygen atoms in total. The van der Waals surface area contributed by atoms with Gasteiger partial charge in [-0.3, -0.25) is 14.5 Å². The lowest BCUT2D eigenvalue weighted by atomic mass is 9.98. The smallest absolute Gasteiger partial charge is 0.241 e. The zero-order chi connectivity index (χ0) is 10.9. The van der Waals surface area contributed by atoms with E-state index >= 15 is 0 Å². The molecule has 0 spiro atoms. The topological polar surface area (TPSA) is 49.2 Å². The molecule has 1 fully saturated rings. The largest absolute Gasteiger partial charge is 0.347 e. The Morgan fingerprint density at radius 2 is 2.21 bits per heavy atom. The van der Waals surface area contributed by atoms with Crippen molar-refractivity contribution in [3.63, 3.8) is 0 Å². The van der Waals surface area contributed by atoms with Crippen LogP contribution in [0.3, 0.4) is 0 Å². The van der Waals surface area contributed by atoms with Gasteiger partial charge in [-0.15, -0.1) is 0 Å². The lowest BCUT2D eigenvalue weighted by molar-refractivity contribution is -0.126. The van der Waals surface area contributed by atoms with Crippen LogP contribution in [0.15, 0.2) is 0 Å². The molecule has 0 bridgehead atoms. The number of hydrogen-bond acceptors (Lipinski definition) is 3. The van der Waals surface area contributed by atoms with Gasteiger partial charge in [0.25, 0.3) is 0 Å². The molecule has 1 aliphatic rings. The number of ketones is 1. The SMILES string of the molecule is [B]C(C)N1CC1(C)C(=O)NCC(C)=O. The van der Waals surface area contributed by atoms with Crippen LogP contribution in [0.4, 0.5) is 0 Å². The van der Waals surface area contributed by atoms with E-state index in [1.54, 1.807) is 0 Å². The second-order valence-corrected chi connectivity index (χ2v) is 4.03. The zero-order valence-corrected chi connectivity index (χ0v) is 8.83. The van der Waals surface area contributed by atoms with Crippen LogP contribution in [0.5, 0.6) is 0 Å². The van der Waals surface area contributed by atoms with E-state index in [0.717, 1.165) is 0 Å². The van der Waals surface area contributed by atoms with E-state index in [9.17, 15) is 9.59 Å². The Balaban J connectivity index is 2.43. The minimum atomic E-state index is -0.510. The lowest BCUT2D eigenvalue weighted by Gasteiger charge is -2.14. The summed E-state index contributed by atoms with van der Waals surface area (Å²) in [5.74, 6) is -0.289. The predicted octanol–water partition coefficient (Wildman–Crippen LogP) is -0.720. The number of carbonyl (C=O) groups excluding carboxylic acids is 2. The first-order chi connectivity index (χ1) is 6.38. The van der Waals surface area contributed by atoms with Gasteiger partial charge in [0.2, 0.25) is 5.91 Å². The monoisotopic (exact) mass is 194 g/mol. The number of nitrogens with zero attached hydrogens (tertiary/aromatic N) is 1. The summed E-state index contributed by atoms with van der Waals surface area (Å²) in [4.78, 5) is 24.1. The van der Waals surface area contributed by atoms with E-state index in [0.29, 0.717) is 6.54 Å². The summed E-state index contributed by atoms with van der Waals surface area (Å²) in [7, 11) is 5.65. The first kappa shape index (κ1) is 11.2. The fourth-order valence-electron chi connectivity index (χ4n) is 1.49. The number of nitrogens with one attached hydrogen (secondary N) is 1. The third-order valence-electron chi connectivity index (χ3n) is 2.49. The van der Waals surface area contributed by atoms with E-state index in [4.69, 9.17) is 7.85 Å². The molecular weight excluding hydrogens is 179 g/mol. The third-order valence-corrected chi connectivity index (χ3v) is 2.49. The molecule has 3 atom stereocenters. The van der Waals surface area contributed by atoms with Crippen molar-refractivity contribution in [3.05, 3.63) is 0 Å². The highest BCUT2D eigenvalue weighted by atomic mass is 16.2. The van der Waals surface area contributed by atoms with Crippen LogP contribution < -0.4 is 5.32 Å². The molecule has 5 heteroatoms. The summed E-state index contributed by atoms with van der Waals surface area (Å²) >= 11 is 0. The summed E-state index contributed by atoms with van der Waals surface area (Å²) in [6.07, 6.45) is 0. The zero-order valence-electron chi connectivity index (χ0n) is 8.83. The predicted molar refractivity (Wildman–Crippen MR) is 54.0 cm³/mol. The minimum Gasteiger partial charge on any atom is -0.347 e. The van der Waals surface area contributed by atoms with Crippen molar-refractivity contribution in [3.8, 4) is 0 Å². The van der Waals surface area contributed by atoms with Gasteiger partial charge in [0, 0.05) is 6.54 Å². The Kier molecular flexibility index (Phi) is 2.99. The fourth-order valence-corrected chi connectivity index (χ4v) is 1.49. The quantitative estimate of drug-likeness (QED) is 0.474. The van der Waals surface area contributed by atoms with E-state index in [1.807, 2.05) is 18.7 Å². The highest BCUT2D eigenvalue weighted by Crippen LogP contribution is 2.33. The molecule has 1 heterocycles.